The first-order valence-corrected chi connectivity index (χ1v) is 11.9. The van der Waals surface area contributed by atoms with Crippen molar-refractivity contribution in [1.29, 1.82) is 0 Å². The Morgan fingerprint density at radius 2 is 1.79 bits per heavy atom. The molecule has 1 aromatic heterocycles. The van der Waals surface area contributed by atoms with E-state index in [4.69, 9.17) is 21.1 Å². The molecule has 1 aliphatic rings. The van der Waals surface area contributed by atoms with Gasteiger partial charge in [-0.15, -0.1) is 0 Å². The van der Waals surface area contributed by atoms with Crippen LogP contribution in [0.1, 0.15) is 34.5 Å². The lowest BCUT2D eigenvalue weighted by molar-refractivity contribution is 0.0599. The summed E-state index contributed by atoms with van der Waals surface area (Å²) in [6, 6.07) is 20.2. The van der Waals surface area contributed by atoms with Gasteiger partial charge in [0.15, 0.2) is 0 Å². The predicted molar refractivity (Wildman–Crippen MR) is 137 cm³/mol. The van der Waals surface area contributed by atoms with Gasteiger partial charge >= 0.3 is 5.97 Å². The highest BCUT2D eigenvalue weighted by molar-refractivity contribution is 6.34. The fraction of sp³-hybridized carbons (Fsp3) is 0.250. The Morgan fingerprint density at radius 3 is 2.53 bits per heavy atom. The minimum atomic E-state index is -0.371. The van der Waals surface area contributed by atoms with Crippen molar-refractivity contribution in [3.05, 3.63) is 82.5 Å². The van der Waals surface area contributed by atoms with Crippen LogP contribution in [0.2, 0.25) is 5.02 Å². The zero-order valence-electron chi connectivity index (χ0n) is 19.4. The van der Waals surface area contributed by atoms with E-state index in [0.717, 1.165) is 46.4 Å². The summed E-state index contributed by atoms with van der Waals surface area (Å²) in [4.78, 5) is 17.8. The topological polar surface area (TPSA) is 54.6 Å². The number of benzene rings is 3. The molecule has 0 atom stereocenters. The van der Waals surface area contributed by atoms with Crippen LogP contribution in [-0.4, -0.2) is 31.2 Å². The second-order valence-corrected chi connectivity index (χ2v) is 9.12. The minimum Gasteiger partial charge on any atom is -0.487 e. The minimum absolute atomic E-state index is 0.343. The Kier molecular flexibility index (Phi) is 6.20. The van der Waals surface area contributed by atoms with Crippen molar-refractivity contribution in [3.8, 4) is 16.9 Å². The fourth-order valence-electron chi connectivity index (χ4n) is 4.52. The zero-order valence-corrected chi connectivity index (χ0v) is 20.1. The maximum Gasteiger partial charge on any atom is 0.338 e. The number of anilines is 1. The lowest BCUT2D eigenvalue weighted by Gasteiger charge is -2.18. The number of hydrogen-bond donors (Lipinski definition) is 1. The van der Waals surface area contributed by atoms with Crippen LogP contribution in [0, 0.1) is 6.92 Å². The number of ether oxygens (including phenoxy) is 2. The summed E-state index contributed by atoms with van der Waals surface area (Å²) in [6.07, 6.45) is 2.53. The van der Waals surface area contributed by atoms with E-state index in [1.54, 1.807) is 6.07 Å². The number of nitrogens with one attached hydrogen (secondary N) is 1. The summed E-state index contributed by atoms with van der Waals surface area (Å²) < 4.78 is 10.8. The maximum atomic E-state index is 11.9. The molecule has 2 heterocycles. The molecule has 0 saturated carbocycles. The normalized spacial score (nSPS) is 13.4. The van der Waals surface area contributed by atoms with E-state index >= 15 is 0 Å². The van der Waals surface area contributed by atoms with Crippen LogP contribution in [0.5, 0.6) is 5.75 Å². The van der Waals surface area contributed by atoms with E-state index in [2.05, 4.69) is 46.3 Å². The quantitative estimate of drug-likeness (QED) is 0.313. The van der Waals surface area contributed by atoms with Crippen molar-refractivity contribution >= 4 is 34.2 Å². The number of aromatic nitrogens is 1. The molecule has 1 N–H and O–H groups in total. The number of nitrogens with zero attached hydrogens (tertiary/aromatic N) is 1. The van der Waals surface area contributed by atoms with Gasteiger partial charge in [-0.3, -0.25) is 0 Å². The number of carbonyl (C=O) groups is 1. The number of H-pyrrole nitrogens is 1. The van der Waals surface area contributed by atoms with Gasteiger partial charge in [-0.05, 0) is 73.4 Å². The SMILES string of the molecule is COC(=O)c1cc(OCc2cc3cc(-c4ccc(N5CCCC5)cc4)c(Cl)cc3[nH]2)ccc1C. The van der Waals surface area contributed by atoms with Gasteiger partial charge in [-0.1, -0.05) is 29.8 Å². The van der Waals surface area contributed by atoms with Gasteiger partial charge in [0.05, 0.1) is 23.4 Å². The molecule has 0 radical (unpaired) electrons. The van der Waals surface area contributed by atoms with Crippen molar-refractivity contribution < 1.29 is 14.3 Å². The first kappa shape index (κ1) is 22.4. The number of halogens is 1. The number of carbonyl (C=O) groups excluding carboxylic acids is 1. The summed E-state index contributed by atoms with van der Waals surface area (Å²) in [5.41, 5.74) is 6.61. The fourth-order valence-corrected chi connectivity index (χ4v) is 4.80. The molecule has 5 rings (SSSR count). The molecule has 0 spiro atoms. The monoisotopic (exact) mass is 474 g/mol. The summed E-state index contributed by atoms with van der Waals surface area (Å²) in [7, 11) is 1.38. The standard InChI is InChI=1S/C28H27ClN2O3/c1-18-5-10-23(15-24(18)28(32)33-2)34-17-21-13-20-14-25(26(29)16-27(20)30-21)19-6-8-22(9-7-19)31-11-3-4-12-31/h5-10,13-16,30H,3-4,11-12,17H2,1-2H3. The third kappa shape index (κ3) is 4.48. The number of aryl methyl sites for hydroxylation is 1. The molecular formula is C28H27ClN2O3. The van der Waals surface area contributed by atoms with Gasteiger partial charge in [-0.25, -0.2) is 4.79 Å². The summed E-state index contributed by atoms with van der Waals surface area (Å²) in [6.45, 7) is 4.48. The summed E-state index contributed by atoms with van der Waals surface area (Å²) in [5, 5.41) is 1.78. The van der Waals surface area contributed by atoms with Crippen LogP contribution in [0.4, 0.5) is 5.69 Å². The number of fused-ring (bicyclic) bond motifs is 1. The Bertz CT molecular complexity index is 1340. The van der Waals surface area contributed by atoms with Crippen LogP contribution in [0.25, 0.3) is 22.0 Å². The molecule has 3 aromatic carbocycles. The lowest BCUT2D eigenvalue weighted by Crippen LogP contribution is -2.17. The van der Waals surface area contributed by atoms with Gasteiger partial charge in [0, 0.05) is 35.2 Å². The molecule has 1 fully saturated rings. The molecule has 0 unspecified atom stereocenters. The van der Waals surface area contributed by atoms with E-state index < -0.39 is 0 Å². The number of hydrogen-bond acceptors (Lipinski definition) is 4. The largest absolute Gasteiger partial charge is 0.487 e. The Balaban J connectivity index is 1.35. The van der Waals surface area contributed by atoms with Crippen LogP contribution in [0.15, 0.2) is 60.7 Å². The second-order valence-electron chi connectivity index (χ2n) is 8.71. The molecule has 34 heavy (non-hydrogen) atoms. The van der Waals surface area contributed by atoms with Gasteiger partial charge in [0.2, 0.25) is 0 Å². The number of esters is 1. The first-order valence-electron chi connectivity index (χ1n) is 11.5. The van der Waals surface area contributed by atoms with Crippen LogP contribution < -0.4 is 9.64 Å². The second kappa shape index (κ2) is 9.43. The Hall–Kier alpha value is -3.44. The van der Waals surface area contributed by atoms with Crippen LogP contribution in [-0.2, 0) is 11.3 Å². The van der Waals surface area contributed by atoms with Gasteiger partial charge in [0.25, 0.3) is 0 Å². The summed E-state index contributed by atoms with van der Waals surface area (Å²) in [5.74, 6) is 0.241. The van der Waals surface area contributed by atoms with Crippen molar-refractivity contribution in [3.63, 3.8) is 0 Å². The lowest BCUT2D eigenvalue weighted by atomic mass is 10.0. The summed E-state index contributed by atoms with van der Waals surface area (Å²) >= 11 is 6.66. The molecule has 1 saturated heterocycles. The molecule has 0 bridgehead atoms. The molecule has 1 aliphatic heterocycles. The molecule has 174 valence electrons. The third-order valence-corrected chi connectivity index (χ3v) is 6.74. The smallest absolute Gasteiger partial charge is 0.338 e. The van der Waals surface area contributed by atoms with Crippen molar-refractivity contribution in [1.82, 2.24) is 4.98 Å². The van der Waals surface area contributed by atoms with E-state index in [1.165, 1.54) is 25.6 Å². The highest BCUT2D eigenvalue weighted by Gasteiger charge is 2.14. The third-order valence-electron chi connectivity index (χ3n) is 6.42. The number of aromatic amines is 1. The Morgan fingerprint density at radius 1 is 1.03 bits per heavy atom. The van der Waals surface area contributed by atoms with Crippen molar-refractivity contribution in [2.75, 3.05) is 25.1 Å². The zero-order chi connectivity index (χ0) is 23.7. The highest BCUT2D eigenvalue weighted by atomic mass is 35.5. The molecular weight excluding hydrogens is 448 g/mol. The average Bonchev–Trinajstić information content (AvgIpc) is 3.52. The molecule has 0 amide bonds. The van der Waals surface area contributed by atoms with E-state index in [-0.39, 0.29) is 5.97 Å². The van der Waals surface area contributed by atoms with Crippen LogP contribution in [0.3, 0.4) is 0 Å². The first-order chi connectivity index (χ1) is 16.5. The van der Waals surface area contributed by atoms with Crippen molar-refractivity contribution in [2.45, 2.75) is 26.4 Å². The predicted octanol–water partition coefficient (Wildman–Crippen LogP) is 6.76. The van der Waals surface area contributed by atoms with Gasteiger partial charge < -0.3 is 19.4 Å². The highest BCUT2D eigenvalue weighted by Crippen LogP contribution is 2.34. The molecule has 4 aromatic rings. The molecule has 0 aliphatic carbocycles. The molecule has 5 nitrogen and oxygen atoms in total. The number of methoxy groups -OCH3 is 1. The maximum absolute atomic E-state index is 11.9. The molecule has 6 heteroatoms. The van der Waals surface area contributed by atoms with Gasteiger partial charge in [-0.2, -0.15) is 0 Å². The number of rotatable bonds is 6. The van der Waals surface area contributed by atoms with E-state index in [1.807, 2.05) is 25.1 Å². The van der Waals surface area contributed by atoms with Crippen LogP contribution >= 0.6 is 11.6 Å². The van der Waals surface area contributed by atoms with E-state index in [0.29, 0.717) is 22.9 Å². The average molecular weight is 475 g/mol. The van der Waals surface area contributed by atoms with Gasteiger partial charge in [0.1, 0.15) is 12.4 Å². The van der Waals surface area contributed by atoms with Crippen molar-refractivity contribution in [2.24, 2.45) is 0 Å². The Labute approximate surface area is 204 Å². The van der Waals surface area contributed by atoms with E-state index in [9.17, 15) is 4.79 Å².